The van der Waals surface area contributed by atoms with Crippen LogP contribution in [0, 0.1) is 5.82 Å². The van der Waals surface area contributed by atoms with Crippen molar-refractivity contribution in [2.24, 2.45) is 0 Å². The molecule has 0 unspecified atom stereocenters. The first-order valence-electron chi connectivity index (χ1n) is 5.68. The number of hydrogen-bond donors (Lipinski definition) is 1. The molecule has 0 atom stereocenters. The number of halogens is 1. The predicted molar refractivity (Wildman–Crippen MR) is 70.2 cm³/mol. The van der Waals surface area contributed by atoms with E-state index >= 15 is 0 Å². The third-order valence-corrected chi connectivity index (χ3v) is 3.09. The van der Waals surface area contributed by atoms with Gasteiger partial charge in [-0.25, -0.2) is 9.18 Å². The summed E-state index contributed by atoms with van der Waals surface area (Å²) < 4.78 is 18.1. The fourth-order valence-electron chi connectivity index (χ4n) is 1.33. The van der Waals surface area contributed by atoms with Gasteiger partial charge < -0.3 is 10.1 Å². The van der Waals surface area contributed by atoms with Crippen LogP contribution in [0.1, 0.15) is 26.5 Å². The fourth-order valence-corrected chi connectivity index (χ4v) is 1.96. The third kappa shape index (κ3) is 3.15. The number of anilines is 1. The summed E-state index contributed by atoms with van der Waals surface area (Å²) in [7, 11) is 0. The van der Waals surface area contributed by atoms with Crippen LogP contribution in [0.15, 0.2) is 24.3 Å². The van der Waals surface area contributed by atoms with Crippen molar-refractivity contribution in [1.29, 1.82) is 0 Å². The monoisotopic (exact) mass is 295 g/mol. The second-order valence-electron chi connectivity index (χ2n) is 3.57. The molecule has 0 aliphatic heterocycles. The average Bonchev–Trinajstić information content (AvgIpc) is 2.91. The Labute approximate surface area is 117 Å². The van der Waals surface area contributed by atoms with E-state index in [4.69, 9.17) is 4.74 Å². The maximum absolute atomic E-state index is 13.4. The van der Waals surface area contributed by atoms with Gasteiger partial charge in [-0.1, -0.05) is 23.5 Å². The molecular formula is C12H10FN3O3S. The van der Waals surface area contributed by atoms with Crippen LogP contribution in [-0.2, 0) is 4.74 Å². The van der Waals surface area contributed by atoms with Crippen molar-refractivity contribution >= 4 is 28.9 Å². The summed E-state index contributed by atoms with van der Waals surface area (Å²) in [6.45, 7) is 1.86. The zero-order valence-electron chi connectivity index (χ0n) is 10.4. The SMILES string of the molecule is CCOC(=O)c1nnc(C(=O)Nc2ccccc2F)s1. The molecule has 8 heteroatoms. The Hall–Kier alpha value is -2.35. The Balaban J connectivity index is 2.11. The largest absolute Gasteiger partial charge is 0.461 e. The zero-order chi connectivity index (χ0) is 14.5. The number of para-hydroxylation sites is 1. The van der Waals surface area contributed by atoms with Crippen molar-refractivity contribution in [2.45, 2.75) is 6.92 Å². The van der Waals surface area contributed by atoms with E-state index in [0.717, 1.165) is 11.3 Å². The van der Waals surface area contributed by atoms with Crippen molar-refractivity contribution < 1.29 is 18.7 Å². The standard InChI is InChI=1S/C12H10FN3O3S/c1-2-19-12(18)11-16-15-10(20-11)9(17)14-8-6-4-3-5-7(8)13/h3-6H,2H2,1H3,(H,14,17). The van der Waals surface area contributed by atoms with Crippen molar-refractivity contribution in [3.05, 3.63) is 40.1 Å². The van der Waals surface area contributed by atoms with E-state index in [1.807, 2.05) is 0 Å². The van der Waals surface area contributed by atoms with Crippen molar-refractivity contribution in [3.63, 3.8) is 0 Å². The van der Waals surface area contributed by atoms with E-state index in [-0.39, 0.29) is 22.3 Å². The molecule has 2 rings (SSSR count). The van der Waals surface area contributed by atoms with Crippen LogP contribution in [0.2, 0.25) is 0 Å². The molecule has 1 amide bonds. The second-order valence-corrected chi connectivity index (χ2v) is 4.54. The van der Waals surface area contributed by atoms with Crippen LogP contribution in [0.4, 0.5) is 10.1 Å². The molecule has 0 aliphatic rings. The van der Waals surface area contributed by atoms with Gasteiger partial charge in [0.2, 0.25) is 10.0 Å². The molecule has 20 heavy (non-hydrogen) atoms. The van der Waals surface area contributed by atoms with Gasteiger partial charge in [0.1, 0.15) is 5.82 Å². The molecule has 1 heterocycles. The first-order valence-corrected chi connectivity index (χ1v) is 6.50. The Bertz CT molecular complexity index is 644. The Morgan fingerprint density at radius 1 is 1.30 bits per heavy atom. The number of hydrogen-bond acceptors (Lipinski definition) is 6. The highest BCUT2D eigenvalue weighted by Gasteiger charge is 2.18. The molecular weight excluding hydrogens is 285 g/mol. The number of carbonyl (C=O) groups excluding carboxylic acids is 2. The summed E-state index contributed by atoms with van der Waals surface area (Å²) in [6, 6.07) is 5.73. The van der Waals surface area contributed by atoms with Gasteiger partial charge in [0.25, 0.3) is 5.91 Å². The number of nitrogens with zero attached hydrogens (tertiary/aromatic N) is 2. The number of carbonyl (C=O) groups is 2. The quantitative estimate of drug-likeness (QED) is 0.874. The van der Waals surface area contributed by atoms with Crippen molar-refractivity contribution in [2.75, 3.05) is 11.9 Å². The van der Waals surface area contributed by atoms with Gasteiger partial charge in [-0.2, -0.15) is 0 Å². The van der Waals surface area contributed by atoms with Gasteiger partial charge >= 0.3 is 5.97 Å². The normalized spacial score (nSPS) is 10.1. The minimum absolute atomic E-state index is 0.0227. The van der Waals surface area contributed by atoms with Gasteiger partial charge in [-0.15, -0.1) is 10.2 Å². The van der Waals surface area contributed by atoms with Crippen LogP contribution >= 0.6 is 11.3 Å². The number of nitrogens with one attached hydrogen (secondary N) is 1. The highest BCUT2D eigenvalue weighted by atomic mass is 32.1. The van der Waals surface area contributed by atoms with E-state index < -0.39 is 17.7 Å². The summed E-state index contributed by atoms with van der Waals surface area (Å²) in [5.74, 6) is -1.84. The van der Waals surface area contributed by atoms with Crippen LogP contribution in [0.5, 0.6) is 0 Å². The van der Waals surface area contributed by atoms with Crippen LogP contribution in [0.3, 0.4) is 0 Å². The molecule has 0 saturated heterocycles. The zero-order valence-corrected chi connectivity index (χ0v) is 11.2. The van der Waals surface area contributed by atoms with Gasteiger partial charge in [0.15, 0.2) is 0 Å². The van der Waals surface area contributed by atoms with Crippen molar-refractivity contribution in [1.82, 2.24) is 10.2 Å². The van der Waals surface area contributed by atoms with Crippen LogP contribution in [0.25, 0.3) is 0 Å². The van der Waals surface area contributed by atoms with Gasteiger partial charge in [-0.05, 0) is 19.1 Å². The summed E-state index contributed by atoms with van der Waals surface area (Å²) >= 11 is 0.783. The number of rotatable bonds is 4. The number of ether oxygens (including phenoxy) is 1. The fraction of sp³-hybridized carbons (Fsp3) is 0.167. The first kappa shape index (κ1) is 14.1. The number of esters is 1. The molecule has 0 fully saturated rings. The maximum atomic E-state index is 13.4. The van der Waals surface area contributed by atoms with Gasteiger partial charge in [0.05, 0.1) is 12.3 Å². The topological polar surface area (TPSA) is 81.2 Å². The lowest BCUT2D eigenvalue weighted by Crippen LogP contribution is -2.12. The van der Waals surface area contributed by atoms with E-state index in [9.17, 15) is 14.0 Å². The molecule has 104 valence electrons. The van der Waals surface area contributed by atoms with Gasteiger partial charge in [-0.3, -0.25) is 4.79 Å². The summed E-state index contributed by atoms with van der Waals surface area (Å²) in [4.78, 5) is 23.2. The molecule has 1 N–H and O–H groups in total. The summed E-state index contributed by atoms with van der Waals surface area (Å²) in [5, 5.41) is 9.42. The molecule has 6 nitrogen and oxygen atoms in total. The highest BCUT2D eigenvalue weighted by Crippen LogP contribution is 2.16. The van der Waals surface area contributed by atoms with Crippen molar-refractivity contribution in [3.8, 4) is 0 Å². The number of amides is 1. The predicted octanol–water partition coefficient (Wildman–Crippen LogP) is 2.11. The second kappa shape index (κ2) is 6.20. The minimum atomic E-state index is -0.644. The molecule has 1 aromatic carbocycles. The Morgan fingerprint density at radius 2 is 2.00 bits per heavy atom. The third-order valence-electron chi connectivity index (χ3n) is 2.19. The van der Waals surface area contributed by atoms with E-state index in [1.54, 1.807) is 13.0 Å². The van der Waals surface area contributed by atoms with Crippen LogP contribution < -0.4 is 5.32 Å². The van der Waals surface area contributed by atoms with E-state index in [1.165, 1.54) is 18.2 Å². The molecule has 0 saturated carbocycles. The Morgan fingerprint density at radius 3 is 2.70 bits per heavy atom. The molecule has 0 bridgehead atoms. The first-order chi connectivity index (χ1) is 9.61. The minimum Gasteiger partial charge on any atom is -0.461 e. The van der Waals surface area contributed by atoms with E-state index in [0.29, 0.717) is 0 Å². The lowest BCUT2D eigenvalue weighted by molar-refractivity contribution is 0.0525. The highest BCUT2D eigenvalue weighted by molar-refractivity contribution is 7.15. The van der Waals surface area contributed by atoms with Crippen LogP contribution in [-0.4, -0.2) is 28.7 Å². The molecule has 0 radical (unpaired) electrons. The lowest BCUT2D eigenvalue weighted by Gasteiger charge is -2.02. The number of aromatic nitrogens is 2. The maximum Gasteiger partial charge on any atom is 0.369 e. The number of benzene rings is 1. The smallest absolute Gasteiger partial charge is 0.369 e. The Kier molecular flexibility index (Phi) is 4.36. The van der Waals surface area contributed by atoms with E-state index in [2.05, 4.69) is 15.5 Å². The molecule has 1 aromatic heterocycles. The lowest BCUT2D eigenvalue weighted by atomic mass is 10.3. The molecule has 0 spiro atoms. The molecule has 2 aromatic rings. The molecule has 0 aliphatic carbocycles. The summed E-state index contributed by atoms with van der Waals surface area (Å²) in [5.41, 5.74) is 0.0328. The van der Waals surface area contributed by atoms with Gasteiger partial charge in [0, 0.05) is 0 Å². The average molecular weight is 295 g/mol. The summed E-state index contributed by atoms with van der Waals surface area (Å²) in [6.07, 6.45) is 0.